The molecule has 154 valence electrons. The molecule has 0 saturated heterocycles. The molecule has 0 aliphatic heterocycles. The lowest BCUT2D eigenvalue weighted by Gasteiger charge is -2.24. The van der Waals surface area contributed by atoms with E-state index in [-0.39, 0.29) is 18.2 Å². The molecule has 6 nitrogen and oxygen atoms in total. The van der Waals surface area contributed by atoms with Crippen LogP contribution in [0.4, 0.5) is 0 Å². The summed E-state index contributed by atoms with van der Waals surface area (Å²) in [5.74, 6) is -0.644. The van der Waals surface area contributed by atoms with E-state index in [0.717, 1.165) is 16.7 Å². The van der Waals surface area contributed by atoms with Crippen LogP contribution in [-0.4, -0.2) is 33.4 Å². The van der Waals surface area contributed by atoms with E-state index in [9.17, 15) is 9.59 Å². The highest BCUT2D eigenvalue weighted by atomic mass is 16.5. The third-order valence-corrected chi connectivity index (χ3v) is 4.81. The lowest BCUT2D eigenvalue weighted by molar-refractivity contribution is 0.0524. The molecule has 0 aliphatic rings. The van der Waals surface area contributed by atoms with Crippen molar-refractivity contribution in [2.45, 2.75) is 33.9 Å². The Morgan fingerprint density at radius 3 is 2.47 bits per heavy atom. The van der Waals surface area contributed by atoms with Gasteiger partial charge in [-0.05, 0) is 55.7 Å². The van der Waals surface area contributed by atoms with Gasteiger partial charge in [-0.25, -0.2) is 9.78 Å². The molecular weight excluding hydrogens is 378 g/mol. The molecule has 6 heteroatoms. The number of pyridine rings is 2. The largest absolute Gasteiger partial charge is 0.462 e. The van der Waals surface area contributed by atoms with Crippen molar-refractivity contribution >= 4 is 11.9 Å². The van der Waals surface area contributed by atoms with Gasteiger partial charge in [0.1, 0.15) is 5.69 Å². The zero-order valence-electron chi connectivity index (χ0n) is 17.5. The average Bonchev–Trinajstić information content (AvgIpc) is 2.75. The van der Waals surface area contributed by atoms with E-state index in [1.807, 2.05) is 43.3 Å². The molecule has 0 fully saturated rings. The topological polar surface area (TPSA) is 72.4 Å². The van der Waals surface area contributed by atoms with Crippen LogP contribution in [0.2, 0.25) is 0 Å². The van der Waals surface area contributed by atoms with E-state index in [1.165, 1.54) is 0 Å². The molecule has 0 radical (unpaired) electrons. The Balaban J connectivity index is 1.90. The maximum absolute atomic E-state index is 13.4. The van der Waals surface area contributed by atoms with Crippen LogP contribution in [0.25, 0.3) is 0 Å². The molecule has 0 N–H and O–H groups in total. The number of aromatic nitrogens is 2. The first-order chi connectivity index (χ1) is 14.5. The quantitative estimate of drug-likeness (QED) is 0.555. The van der Waals surface area contributed by atoms with Crippen LogP contribution in [0, 0.1) is 13.8 Å². The highest BCUT2D eigenvalue weighted by molar-refractivity contribution is 5.95. The number of benzene rings is 1. The molecule has 1 amide bonds. The SMILES string of the molecule is CCOC(=O)c1ccc(C(=O)N(Cc2cccnc2)Cc2ccccc2C)nc1C. The Morgan fingerprint density at radius 2 is 1.80 bits per heavy atom. The number of hydrogen-bond acceptors (Lipinski definition) is 5. The maximum atomic E-state index is 13.4. The molecule has 0 atom stereocenters. The zero-order valence-corrected chi connectivity index (χ0v) is 17.5. The van der Waals surface area contributed by atoms with Crippen molar-refractivity contribution < 1.29 is 14.3 Å². The Bertz CT molecular complexity index is 1030. The van der Waals surface area contributed by atoms with Crippen molar-refractivity contribution in [3.05, 3.63) is 94.6 Å². The summed E-state index contributed by atoms with van der Waals surface area (Å²) in [6, 6.07) is 15.0. The first-order valence-electron chi connectivity index (χ1n) is 9.87. The summed E-state index contributed by atoms with van der Waals surface area (Å²) >= 11 is 0. The Hall–Kier alpha value is -3.54. The van der Waals surface area contributed by atoms with Gasteiger partial charge in [0, 0.05) is 25.5 Å². The van der Waals surface area contributed by atoms with Crippen LogP contribution in [0.3, 0.4) is 0 Å². The highest BCUT2D eigenvalue weighted by Crippen LogP contribution is 2.17. The molecular formula is C24H25N3O3. The number of carbonyl (C=O) groups is 2. The molecule has 0 aliphatic carbocycles. The summed E-state index contributed by atoms with van der Waals surface area (Å²) in [4.78, 5) is 35.7. The predicted octanol–water partition coefficient (Wildman–Crippen LogP) is 4.11. The van der Waals surface area contributed by atoms with Gasteiger partial charge in [-0.3, -0.25) is 9.78 Å². The second-order valence-electron chi connectivity index (χ2n) is 7.00. The van der Waals surface area contributed by atoms with Gasteiger partial charge < -0.3 is 9.64 Å². The number of amides is 1. The normalized spacial score (nSPS) is 10.5. The van der Waals surface area contributed by atoms with E-state index >= 15 is 0 Å². The Morgan fingerprint density at radius 1 is 1.00 bits per heavy atom. The van der Waals surface area contributed by atoms with Gasteiger partial charge in [0.15, 0.2) is 0 Å². The smallest absolute Gasteiger partial charge is 0.339 e. The first-order valence-corrected chi connectivity index (χ1v) is 9.87. The van der Waals surface area contributed by atoms with Gasteiger partial charge in [0.05, 0.1) is 17.9 Å². The van der Waals surface area contributed by atoms with Crippen LogP contribution < -0.4 is 0 Å². The molecule has 0 saturated carbocycles. The number of hydrogen-bond donors (Lipinski definition) is 0. The minimum atomic E-state index is -0.436. The van der Waals surface area contributed by atoms with E-state index in [4.69, 9.17) is 4.74 Å². The molecule has 0 spiro atoms. The van der Waals surface area contributed by atoms with Crippen LogP contribution >= 0.6 is 0 Å². The number of ether oxygens (including phenoxy) is 1. The molecule has 30 heavy (non-hydrogen) atoms. The van der Waals surface area contributed by atoms with Gasteiger partial charge in [0.2, 0.25) is 0 Å². The molecule has 3 rings (SSSR count). The maximum Gasteiger partial charge on any atom is 0.339 e. The van der Waals surface area contributed by atoms with Gasteiger partial charge in [0.25, 0.3) is 5.91 Å². The fourth-order valence-electron chi connectivity index (χ4n) is 3.17. The van der Waals surface area contributed by atoms with Gasteiger partial charge in [-0.15, -0.1) is 0 Å². The fourth-order valence-corrected chi connectivity index (χ4v) is 3.17. The second kappa shape index (κ2) is 9.78. The summed E-state index contributed by atoms with van der Waals surface area (Å²) in [6.45, 7) is 6.62. The molecule has 0 bridgehead atoms. The standard InChI is InChI=1S/C24H25N3O3/c1-4-30-24(29)21-11-12-22(26-18(21)3)23(28)27(15-19-9-7-13-25-14-19)16-20-10-6-5-8-17(20)2/h5-14H,4,15-16H2,1-3H3. The number of esters is 1. The lowest BCUT2D eigenvalue weighted by atomic mass is 10.1. The first kappa shape index (κ1) is 21.2. The van der Waals surface area contributed by atoms with Crippen molar-refractivity contribution in [3.8, 4) is 0 Å². The lowest BCUT2D eigenvalue weighted by Crippen LogP contribution is -2.31. The van der Waals surface area contributed by atoms with Crippen LogP contribution in [0.1, 0.15) is 50.2 Å². The Kier molecular flexibility index (Phi) is 6.91. The molecule has 2 aromatic heterocycles. The Labute approximate surface area is 176 Å². The molecule has 2 heterocycles. The van der Waals surface area contributed by atoms with E-state index in [1.54, 1.807) is 43.3 Å². The summed E-state index contributed by atoms with van der Waals surface area (Å²) in [6.07, 6.45) is 3.46. The molecule has 3 aromatic rings. The predicted molar refractivity (Wildman–Crippen MR) is 114 cm³/mol. The zero-order chi connectivity index (χ0) is 21.5. The molecule has 0 unspecified atom stereocenters. The van der Waals surface area contributed by atoms with Gasteiger partial charge >= 0.3 is 5.97 Å². The summed E-state index contributed by atoms with van der Waals surface area (Å²) < 4.78 is 5.05. The number of aryl methyl sites for hydroxylation is 2. The van der Waals surface area contributed by atoms with Crippen molar-refractivity contribution in [1.29, 1.82) is 0 Å². The minimum absolute atomic E-state index is 0.208. The third-order valence-electron chi connectivity index (χ3n) is 4.81. The monoisotopic (exact) mass is 403 g/mol. The summed E-state index contributed by atoms with van der Waals surface area (Å²) in [5, 5.41) is 0. The van der Waals surface area contributed by atoms with E-state index in [2.05, 4.69) is 9.97 Å². The summed E-state index contributed by atoms with van der Waals surface area (Å²) in [5.41, 5.74) is 4.23. The number of rotatable bonds is 7. The number of nitrogens with zero attached hydrogens (tertiary/aromatic N) is 3. The van der Waals surface area contributed by atoms with Crippen LogP contribution in [0.15, 0.2) is 60.9 Å². The highest BCUT2D eigenvalue weighted by Gasteiger charge is 2.21. The van der Waals surface area contributed by atoms with Gasteiger partial charge in [-0.2, -0.15) is 0 Å². The van der Waals surface area contributed by atoms with Crippen LogP contribution in [-0.2, 0) is 17.8 Å². The van der Waals surface area contributed by atoms with Gasteiger partial charge in [-0.1, -0.05) is 30.3 Å². The summed E-state index contributed by atoms with van der Waals surface area (Å²) in [7, 11) is 0. The van der Waals surface area contributed by atoms with Crippen LogP contribution in [0.5, 0.6) is 0 Å². The fraction of sp³-hybridized carbons (Fsp3) is 0.250. The van der Waals surface area contributed by atoms with E-state index < -0.39 is 5.97 Å². The van der Waals surface area contributed by atoms with Crippen molar-refractivity contribution in [1.82, 2.24) is 14.9 Å². The minimum Gasteiger partial charge on any atom is -0.462 e. The number of carbonyl (C=O) groups excluding carboxylic acids is 2. The average molecular weight is 403 g/mol. The van der Waals surface area contributed by atoms with Crippen molar-refractivity contribution in [2.24, 2.45) is 0 Å². The van der Waals surface area contributed by atoms with E-state index in [0.29, 0.717) is 24.3 Å². The van der Waals surface area contributed by atoms with Crippen molar-refractivity contribution in [3.63, 3.8) is 0 Å². The van der Waals surface area contributed by atoms with Crippen molar-refractivity contribution in [2.75, 3.05) is 6.61 Å². The second-order valence-corrected chi connectivity index (χ2v) is 7.00. The third kappa shape index (κ3) is 5.08. The molecule has 1 aromatic carbocycles.